The molecule has 1 aliphatic rings. The van der Waals surface area contributed by atoms with Crippen molar-refractivity contribution in [1.29, 1.82) is 0 Å². The largest absolute Gasteiger partial charge is 0.378 e. The number of nitrogens with zero attached hydrogens (tertiary/aromatic N) is 1. The molecule has 1 heterocycles. The first-order valence-corrected chi connectivity index (χ1v) is 8.76. The molecule has 0 saturated carbocycles. The SMILES string of the molecule is O=C(NCc1ccc(Cl)cc1)C(=O)Nc1cccc(N2CCOCC2)c1. The van der Waals surface area contributed by atoms with Crippen molar-refractivity contribution in [2.75, 3.05) is 36.5 Å². The van der Waals surface area contributed by atoms with E-state index < -0.39 is 11.8 Å². The molecule has 1 aliphatic heterocycles. The zero-order valence-electron chi connectivity index (χ0n) is 14.2. The lowest BCUT2D eigenvalue weighted by Crippen LogP contribution is -2.36. The third-order valence-electron chi connectivity index (χ3n) is 4.05. The Bertz CT molecular complexity index is 774. The average Bonchev–Trinajstić information content (AvgIpc) is 2.68. The highest BCUT2D eigenvalue weighted by Gasteiger charge is 2.15. The van der Waals surface area contributed by atoms with Crippen molar-refractivity contribution in [3.05, 3.63) is 59.1 Å². The summed E-state index contributed by atoms with van der Waals surface area (Å²) in [6, 6.07) is 14.5. The molecule has 1 saturated heterocycles. The smallest absolute Gasteiger partial charge is 0.313 e. The minimum absolute atomic E-state index is 0.261. The van der Waals surface area contributed by atoms with Gasteiger partial charge >= 0.3 is 11.8 Å². The van der Waals surface area contributed by atoms with Crippen LogP contribution in [0.5, 0.6) is 0 Å². The van der Waals surface area contributed by atoms with E-state index in [1.54, 1.807) is 30.3 Å². The van der Waals surface area contributed by atoms with Crippen molar-refractivity contribution in [2.45, 2.75) is 6.54 Å². The van der Waals surface area contributed by atoms with Crippen LogP contribution in [0.4, 0.5) is 11.4 Å². The number of amides is 2. The molecule has 0 spiro atoms. The first kappa shape index (κ1) is 18.2. The molecule has 0 aliphatic carbocycles. The molecule has 2 aromatic carbocycles. The maximum Gasteiger partial charge on any atom is 0.313 e. The first-order valence-electron chi connectivity index (χ1n) is 8.38. The van der Waals surface area contributed by atoms with Crippen LogP contribution in [0.1, 0.15) is 5.56 Å². The summed E-state index contributed by atoms with van der Waals surface area (Å²) in [5.74, 6) is -1.38. The van der Waals surface area contributed by atoms with Crippen LogP contribution in [0, 0.1) is 0 Å². The van der Waals surface area contributed by atoms with Gasteiger partial charge < -0.3 is 20.3 Å². The summed E-state index contributed by atoms with van der Waals surface area (Å²) in [7, 11) is 0. The molecule has 1 fully saturated rings. The maximum atomic E-state index is 12.1. The Hall–Kier alpha value is -2.57. The Balaban J connectivity index is 1.55. The molecule has 0 radical (unpaired) electrons. The number of ether oxygens (including phenoxy) is 1. The van der Waals surface area contributed by atoms with E-state index in [1.165, 1.54) is 0 Å². The van der Waals surface area contributed by atoms with Crippen LogP contribution in [0.25, 0.3) is 0 Å². The number of hydrogen-bond acceptors (Lipinski definition) is 4. The van der Waals surface area contributed by atoms with Gasteiger partial charge in [0.25, 0.3) is 0 Å². The summed E-state index contributed by atoms with van der Waals surface area (Å²) < 4.78 is 5.35. The molecule has 0 aromatic heterocycles. The van der Waals surface area contributed by atoms with Crippen LogP contribution >= 0.6 is 11.6 Å². The third kappa shape index (κ3) is 4.97. The fourth-order valence-corrected chi connectivity index (χ4v) is 2.78. The molecule has 7 heteroatoms. The highest BCUT2D eigenvalue weighted by Crippen LogP contribution is 2.20. The molecule has 6 nitrogen and oxygen atoms in total. The van der Waals surface area contributed by atoms with Gasteiger partial charge in [-0.1, -0.05) is 29.8 Å². The second-order valence-electron chi connectivity index (χ2n) is 5.91. The lowest BCUT2D eigenvalue weighted by atomic mass is 10.2. The Labute approximate surface area is 157 Å². The maximum absolute atomic E-state index is 12.1. The number of benzene rings is 2. The Morgan fingerprint density at radius 3 is 2.50 bits per heavy atom. The topological polar surface area (TPSA) is 70.7 Å². The predicted octanol–water partition coefficient (Wildman–Crippen LogP) is 2.43. The van der Waals surface area contributed by atoms with Crippen LogP contribution < -0.4 is 15.5 Å². The van der Waals surface area contributed by atoms with Gasteiger partial charge in [0.15, 0.2) is 0 Å². The van der Waals surface area contributed by atoms with E-state index in [1.807, 2.05) is 18.2 Å². The van der Waals surface area contributed by atoms with Crippen molar-refractivity contribution < 1.29 is 14.3 Å². The molecule has 2 N–H and O–H groups in total. The molecule has 26 heavy (non-hydrogen) atoms. The van der Waals surface area contributed by atoms with Gasteiger partial charge in [-0.2, -0.15) is 0 Å². The second-order valence-corrected chi connectivity index (χ2v) is 6.35. The molecule has 0 atom stereocenters. The van der Waals surface area contributed by atoms with Crippen molar-refractivity contribution in [1.82, 2.24) is 5.32 Å². The monoisotopic (exact) mass is 373 g/mol. The number of carbonyl (C=O) groups is 2. The Morgan fingerprint density at radius 2 is 1.77 bits per heavy atom. The van der Waals surface area contributed by atoms with E-state index in [0.717, 1.165) is 24.3 Å². The number of nitrogens with one attached hydrogen (secondary N) is 2. The molecule has 0 bridgehead atoms. The van der Waals surface area contributed by atoms with E-state index >= 15 is 0 Å². The quantitative estimate of drug-likeness (QED) is 0.807. The number of morpholine rings is 1. The number of carbonyl (C=O) groups excluding carboxylic acids is 2. The van der Waals surface area contributed by atoms with E-state index in [4.69, 9.17) is 16.3 Å². The zero-order chi connectivity index (χ0) is 18.4. The molecule has 136 valence electrons. The molecular formula is C19H20ClN3O3. The second kappa shape index (κ2) is 8.69. The van der Waals surface area contributed by atoms with Crippen molar-refractivity contribution >= 4 is 34.8 Å². The fourth-order valence-electron chi connectivity index (χ4n) is 2.65. The first-order chi connectivity index (χ1) is 12.6. The van der Waals surface area contributed by atoms with E-state index in [-0.39, 0.29) is 6.54 Å². The lowest BCUT2D eigenvalue weighted by Gasteiger charge is -2.29. The fraction of sp³-hybridized carbons (Fsp3) is 0.263. The minimum Gasteiger partial charge on any atom is -0.378 e. The van der Waals surface area contributed by atoms with Gasteiger partial charge in [-0.15, -0.1) is 0 Å². The molecule has 0 unspecified atom stereocenters. The van der Waals surface area contributed by atoms with Crippen LogP contribution in [0.15, 0.2) is 48.5 Å². The van der Waals surface area contributed by atoms with Crippen molar-refractivity contribution in [2.24, 2.45) is 0 Å². The van der Waals surface area contributed by atoms with Gasteiger partial charge in [-0.25, -0.2) is 0 Å². The molecule has 3 rings (SSSR count). The zero-order valence-corrected chi connectivity index (χ0v) is 15.0. The van der Waals surface area contributed by atoms with Crippen LogP contribution in [-0.4, -0.2) is 38.1 Å². The Kier molecular flexibility index (Phi) is 6.09. The predicted molar refractivity (Wildman–Crippen MR) is 101 cm³/mol. The van der Waals surface area contributed by atoms with Gasteiger partial charge in [-0.3, -0.25) is 9.59 Å². The number of anilines is 2. The average molecular weight is 374 g/mol. The lowest BCUT2D eigenvalue weighted by molar-refractivity contribution is -0.136. The van der Waals surface area contributed by atoms with Crippen molar-refractivity contribution in [3.8, 4) is 0 Å². The molecular weight excluding hydrogens is 354 g/mol. The third-order valence-corrected chi connectivity index (χ3v) is 4.30. The summed E-state index contributed by atoms with van der Waals surface area (Å²) in [5.41, 5.74) is 2.44. The van der Waals surface area contributed by atoms with Gasteiger partial charge in [-0.05, 0) is 35.9 Å². The minimum atomic E-state index is -0.696. The number of rotatable bonds is 4. The van der Waals surface area contributed by atoms with Gasteiger partial charge in [0.1, 0.15) is 0 Å². The molecule has 2 aromatic rings. The highest BCUT2D eigenvalue weighted by molar-refractivity contribution is 6.39. The summed E-state index contributed by atoms with van der Waals surface area (Å²) in [5, 5.41) is 5.86. The number of halogens is 1. The molecule has 2 amide bonds. The van der Waals surface area contributed by atoms with Crippen LogP contribution in [0.3, 0.4) is 0 Å². The van der Waals surface area contributed by atoms with E-state index in [9.17, 15) is 9.59 Å². The van der Waals surface area contributed by atoms with Crippen LogP contribution in [0.2, 0.25) is 5.02 Å². The summed E-state index contributed by atoms with van der Waals surface area (Å²) >= 11 is 5.82. The summed E-state index contributed by atoms with van der Waals surface area (Å²) in [6.45, 7) is 3.24. The van der Waals surface area contributed by atoms with E-state index in [2.05, 4.69) is 15.5 Å². The van der Waals surface area contributed by atoms with E-state index in [0.29, 0.717) is 23.9 Å². The summed E-state index contributed by atoms with van der Waals surface area (Å²) in [6.07, 6.45) is 0. The van der Waals surface area contributed by atoms with Crippen LogP contribution in [-0.2, 0) is 20.9 Å². The van der Waals surface area contributed by atoms with Gasteiger partial charge in [0.2, 0.25) is 0 Å². The standard InChI is InChI=1S/C19H20ClN3O3/c20-15-6-4-14(5-7-15)13-21-18(24)19(25)22-16-2-1-3-17(12-16)23-8-10-26-11-9-23/h1-7,12H,8-11,13H2,(H,21,24)(H,22,25). The summed E-state index contributed by atoms with van der Waals surface area (Å²) in [4.78, 5) is 26.3. The normalized spacial score (nSPS) is 14.0. The number of hydrogen-bond donors (Lipinski definition) is 2. The highest BCUT2D eigenvalue weighted by atomic mass is 35.5. The van der Waals surface area contributed by atoms with Crippen molar-refractivity contribution in [3.63, 3.8) is 0 Å². The van der Waals surface area contributed by atoms with Gasteiger partial charge in [0.05, 0.1) is 13.2 Å². The Morgan fingerprint density at radius 1 is 1.04 bits per heavy atom. The van der Waals surface area contributed by atoms with Gasteiger partial charge in [0, 0.05) is 36.0 Å².